The van der Waals surface area contributed by atoms with Crippen molar-refractivity contribution in [3.63, 3.8) is 0 Å². The van der Waals surface area contributed by atoms with E-state index in [0.717, 1.165) is 28.9 Å². The molecule has 0 saturated carbocycles. The number of carbonyl (C=O) groups excluding carboxylic acids is 3. The first-order chi connectivity index (χ1) is 14.4. The van der Waals surface area contributed by atoms with Crippen molar-refractivity contribution in [1.29, 1.82) is 0 Å². The number of hydrogen-bond donors (Lipinski definition) is 1. The summed E-state index contributed by atoms with van der Waals surface area (Å²) >= 11 is 0. The minimum atomic E-state index is -0.552. The smallest absolute Gasteiger partial charge is 0.229 e. The number of fused-ring (bicyclic) bond motifs is 1. The molecule has 4 rings (SSSR count). The van der Waals surface area contributed by atoms with E-state index < -0.39 is 11.7 Å². The number of halogens is 1. The number of carbonyl (C=O) groups is 3. The molecule has 1 fully saturated rings. The van der Waals surface area contributed by atoms with Gasteiger partial charge in [0.15, 0.2) is 0 Å². The van der Waals surface area contributed by atoms with E-state index in [4.69, 9.17) is 0 Å². The van der Waals surface area contributed by atoms with Gasteiger partial charge in [-0.25, -0.2) is 4.39 Å². The van der Waals surface area contributed by atoms with Gasteiger partial charge >= 0.3 is 0 Å². The van der Waals surface area contributed by atoms with Gasteiger partial charge in [0.1, 0.15) is 5.82 Å². The maximum Gasteiger partial charge on any atom is 0.229 e. The fourth-order valence-corrected chi connectivity index (χ4v) is 4.11. The number of amides is 3. The monoisotopic (exact) mass is 409 g/mol. The van der Waals surface area contributed by atoms with Crippen molar-refractivity contribution in [2.24, 2.45) is 5.92 Å². The molecule has 1 atom stereocenters. The van der Waals surface area contributed by atoms with Gasteiger partial charge in [0.05, 0.1) is 11.6 Å². The highest BCUT2D eigenvalue weighted by Gasteiger charge is 2.36. The first-order valence-electron chi connectivity index (χ1n) is 10.2. The normalized spacial score (nSPS) is 18.0. The van der Waals surface area contributed by atoms with Gasteiger partial charge in [-0.2, -0.15) is 0 Å². The number of anilines is 3. The summed E-state index contributed by atoms with van der Waals surface area (Å²) in [5.41, 5.74) is 3.61. The summed E-state index contributed by atoms with van der Waals surface area (Å²) in [5, 5.41) is 2.61. The van der Waals surface area contributed by atoms with Crippen molar-refractivity contribution in [3.8, 4) is 0 Å². The average molecular weight is 409 g/mol. The second kappa shape index (κ2) is 7.89. The summed E-state index contributed by atoms with van der Waals surface area (Å²) < 4.78 is 14.0. The summed E-state index contributed by atoms with van der Waals surface area (Å²) in [6, 6.07) is 10.1. The first-order valence-corrected chi connectivity index (χ1v) is 10.2. The number of hydrogen-bond acceptors (Lipinski definition) is 3. The predicted molar refractivity (Wildman–Crippen MR) is 113 cm³/mol. The van der Waals surface area contributed by atoms with Crippen molar-refractivity contribution in [1.82, 2.24) is 0 Å². The molecule has 2 aliphatic heterocycles. The molecule has 1 N–H and O–H groups in total. The van der Waals surface area contributed by atoms with Gasteiger partial charge < -0.3 is 15.1 Å². The summed E-state index contributed by atoms with van der Waals surface area (Å²) in [6.07, 6.45) is 1.27. The Kier molecular flexibility index (Phi) is 5.28. The molecular formula is C23H24FN3O3. The van der Waals surface area contributed by atoms with Crippen LogP contribution in [0.3, 0.4) is 0 Å². The highest BCUT2D eigenvalue weighted by molar-refractivity contribution is 6.04. The van der Waals surface area contributed by atoms with E-state index in [2.05, 4.69) is 5.32 Å². The molecule has 0 aliphatic carbocycles. The van der Waals surface area contributed by atoms with Crippen LogP contribution in [0.5, 0.6) is 0 Å². The molecule has 30 heavy (non-hydrogen) atoms. The molecule has 0 bridgehead atoms. The Morgan fingerprint density at radius 1 is 1.20 bits per heavy atom. The highest BCUT2D eigenvalue weighted by atomic mass is 19.1. The third-order valence-corrected chi connectivity index (χ3v) is 5.75. The molecule has 7 heteroatoms. The van der Waals surface area contributed by atoms with E-state index in [-0.39, 0.29) is 36.4 Å². The van der Waals surface area contributed by atoms with E-state index >= 15 is 0 Å². The number of aryl methyl sites for hydroxylation is 1. The van der Waals surface area contributed by atoms with Crippen LogP contribution < -0.4 is 15.1 Å². The van der Waals surface area contributed by atoms with Crippen molar-refractivity contribution in [3.05, 3.63) is 53.3 Å². The molecule has 2 heterocycles. The second-order valence-corrected chi connectivity index (χ2v) is 7.84. The van der Waals surface area contributed by atoms with E-state index in [1.807, 2.05) is 32.0 Å². The van der Waals surface area contributed by atoms with Gasteiger partial charge in [-0.15, -0.1) is 0 Å². The van der Waals surface area contributed by atoms with Crippen LogP contribution in [0.25, 0.3) is 0 Å². The first kappa shape index (κ1) is 20.1. The van der Waals surface area contributed by atoms with Gasteiger partial charge in [-0.3, -0.25) is 14.4 Å². The van der Waals surface area contributed by atoms with Crippen LogP contribution >= 0.6 is 0 Å². The zero-order valence-electron chi connectivity index (χ0n) is 17.1. The maximum atomic E-state index is 14.0. The third kappa shape index (κ3) is 3.67. The van der Waals surface area contributed by atoms with Gasteiger partial charge in [-0.1, -0.05) is 13.0 Å². The van der Waals surface area contributed by atoms with Crippen molar-refractivity contribution >= 4 is 34.8 Å². The van der Waals surface area contributed by atoms with E-state index in [0.29, 0.717) is 13.0 Å². The van der Waals surface area contributed by atoms with Crippen LogP contribution in [0.4, 0.5) is 21.5 Å². The van der Waals surface area contributed by atoms with E-state index in [1.54, 1.807) is 21.9 Å². The van der Waals surface area contributed by atoms with Gasteiger partial charge in [0.25, 0.3) is 0 Å². The largest absolute Gasteiger partial charge is 0.323 e. The minimum Gasteiger partial charge on any atom is -0.323 e. The zero-order valence-corrected chi connectivity index (χ0v) is 17.1. The average Bonchev–Trinajstić information content (AvgIpc) is 3.33. The lowest BCUT2D eigenvalue weighted by Gasteiger charge is -2.20. The number of nitrogens with zero attached hydrogens (tertiary/aromatic N) is 2. The highest BCUT2D eigenvalue weighted by Crippen LogP contribution is 2.34. The molecule has 3 amide bonds. The molecule has 0 spiro atoms. The van der Waals surface area contributed by atoms with Gasteiger partial charge in [-0.05, 0) is 54.8 Å². The van der Waals surface area contributed by atoms with Gasteiger partial charge in [0, 0.05) is 37.3 Å². The number of rotatable bonds is 4. The summed E-state index contributed by atoms with van der Waals surface area (Å²) in [4.78, 5) is 40.7. The van der Waals surface area contributed by atoms with E-state index in [1.165, 1.54) is 6.07 Å². The van der Waals surface area contributed by atoms with Gasteiger partial charge in [0.2, 0.25) is 17.7 Å². The Morgan fingerprint density at radius 2 is 2.00 bits per heavy atom. The summed E-state index contributed by atoms with van der Waals surface area (Å²) in [5.74, 6) is -1.47. The second-order valence-electron chi connectivity index (χ2n) is 7.84. The van der Waals surface area contributed by atoms with Crippen LogP contribution in [0.1, 0.15) is 30.9 Å². The Hall–Kier alpha value is -3.22. The summed E-state index contributed by atoms with van der Waals surface area (Å²) in [6.45, 7) is 4.55. The number of nitrogens with one attached hydrogen (secondary N) is 1. The van der Waals surface area contributed by atoms with E-state index in [9.17, 15) is 18.8 Å². The van der Waals surface area contributed by atoms with Crippen LogP contribution in [0, 0.1) is 18.7 Å². The lowest BCUT2D eigenvalue weighted by Crippen LogP contribution is -2.29. The Labute approximate surface area is 174 Å². The molecule has 156 valence electrons. The maximum absolute atomic E-state index is 14.0. The SMILES string of the molecule is CCC(=O)N1CCc2cc(N3C[C@@H](C(=O)Nc4cc(C)ccc4F)CC3=O)ccc21. The Morgan fingerprint density at radius 3 is 2.77 bits per heavy atom. The molecule has 1 saturated heterocycles. The minimum absolute atomic E-state index is 0.0802. The Balaban J connectivity index is 1.48. The molecule has 0 aromatic heterocycles. The molecule has 2 aromatic rings. The predicted octanol–water partition coefficient (Wildman–Crippen LogP) is 3.42. The van der Waals surface area contributed by atoms with Crippen molar-refractivity contribution < 1.29 is 18.8 Å². The molecule has 0 unspecified atom stereocenters. The third-order valence-electron chi connectivity index (χ3n) is 5.75. The zero-order chi connectivity index (χ0) is 21.4. The van der Waals surface area contributed by atoms with Crippen LogP contribution in [0.15, 0.2) is 36.4 Å². The van der Waals surface area contributed by atoms with Crippen LogP contribution in [-0.4, -0.2) is 30.8 Å². The summed E-state index contributed by atoms with van der Waals surface area (Å²) in [7, 11) is 0. The fourth-order valence-electron chi connectivity index (χ4n) is 4.11. The standard InChI is InChI=1S/C23H24FN3O3/c1-3-21(28)26-9-8-15-11-17(5-7-20(15)26)27-13-16(12-22(27)29)23(30)25-19-10-14(2)4-6-18(19)24/h4-7,10-11,16H,3,8-9,12-13H2,1-2H3,(H,25,30)/t16-/m0/s1. The Bertz CT molecular complexity index is 1040. The van der Waals surface area contributed by atoms with Crippen molar-refractivity contribution in [2.45, 2.75) is 33.1 Å². The van der Waals surface area contributed by atoms with Crippen LogP contribution in [0.2, 0.25) is 0 Å². The van der Waals surface area contributed by atoms with Crippen LogP contribution in [-0.2, 0) is 20.8 Å². The quantitative estimate of drug-likeness (QED) is 0.841. The lowest BCUT2D eigenvalue weighted by molar-refractivity contribution is -0.122. The lowest BCUT2D eigenvalue weighted by atomic mass is 10.1. The fraction of sp³-hybridized carbons (Fsp3) is 0.348. The molecule has 2 aliphatic rings. The molecule has 0 radical (unpaired) electrons. The molecular weight excluding hydrogens is 385 g/mol. The molecule has 6 nitrogen and oxygen atoms in total. The topological polar surface area (TPSA) is 69.7 Å². The number of benzene rings is 2. The molecule has 2 aromatic carbocycles. The van der Waals surface area contributed by atoms with Crippen molar-refractivity contribution in [2.75, 3.05) is 28.2 Å².